The van der Waals surface area contributed by atoms with Gasteiger partial charge in [0.05, 0.1) is 6.20 Å². The van der Waals surface area contributed by atoms with Crippen molar-refractivity contribution in [1.29, 1.82) is 0 Å². The molecular formula is C17H19N5. The van der Waals surface area contributed by atoms with Gasteiger partial charge >= 0.3 is 0 Å². The van der Waals surface area contributed by atoms with Gasteiger partial charge in [0.25, 0.3) is 0 Å². The maximum absolute atomic E-state index is 4.39. The summed E-state index contributed by atoms with van der Waals surface area (Å²) in [7, 11) is 1.93. The van der Waals surface area contributed by atoms with E-state index in [4.69, 9.17) is 0 Å². The molecule has 112 valence electrons. The highest BCUT2D eigenvalue weighted by Crippen LogP contribution is 2.24. The van der Waals surface area contributed by atoms with Crippen LogP contribution in [0, 0.1) is 6.92 Å². The second kappa shape index (κ2) is 5.97. The van der Waals surface area contributed by atoms with Gasteiger partial charge in [-0.25, -0.2) is 9.97 Å². The second-order valence-electron chi connectivity index (χ2n) is 5.38. The summed E-state index contributed by atoms with van der Waals surface area (Å²) in [6, 6.07) is 10.5. The lowest BCUT2D eigenvalue weighted by Gasteiger charge is -2.16. The van der Waals surface area contributed by atoms with Crippen molar-refractivity contribution in [2.24, 2.45) is 7.05 Å². The van der Waals surface area contributed by atoms with Crippen LogP contribution in [0.3, 0.4) is 0 Å². The summed E-state index contributed by atoms with van der Waals surface area (Å²) in [6.07, 6.45) is 5.67. The van der Waals surface area contributed by atoms with E-state index in [-0.39, 0.29) is 6.04 Å². The average molecular weight is 293 g/mol. The molecule has 0 amide bonds. The summed E-state index contributed by atoms with van der Waals surface area (Å²) >= 11 is 0. The highest BCUT2D eigenvalue weighted by atomic mass is 15.2. The smallest absolute Gasteiger partial charge is 0.130 e. The fourth-order valence-corrected chi connectivity index (χ4v) is 2.40. The Labute approximate surface area is 130 Å². The highest BCUT2D eigenvalue weighted by Gasteiger charge is 2.08. The molecule has 5 nitrogen and oxygen atoms in total. The molecule has 1 aromatic carbocycles. The lowest BCUT2D eigenvalue weighted by atomic mass is 10.0. The Hall–Kier alpha value is -2.69. The minimum atomic E-state index is 0.158. The Kier molecular flexibility index (Phi) is 3.87. The van der Waals surface area contributed by atoms with Crippen LogP contribution in [0.4, 0.5) is 5.82 Å². The van der Waals surface area contributed by atoms with Crippen molar-refractivity contribution in [3.63, 3.8) is 0 Å². The van der Waals surface area contributed by atoms with Gasteiger partial charge in [-0.2, -0.15) is 5.10 Å². The van der Waals surface area contributed by atoms with Crippen LogP contribution in [0.5, 0.6) is 0 Å². The van der Waals surface area contributed by atoms with Crippen molar-refractivity contribution in [1.82, 2.24) is 19.7 Å². The number of nitrogens with zero attached hydrogens (tertiary/aromatic N) is 4. The molecule has 0 bridgehead atoms. The zero-order valence-electron chi connectivity index (χ0n) is 13.0. The lowest BCUT2D eigenvalue weighted by molar-refractivity contribution is 0.768. The van der Waals surface area contributed by atoms with Crippen LogP contribution >= 0.6 is 0 Å². The van der Waals surface area contributed by atoms with Crippen LogP contribution in [0.2, 0.25) is 0 Å². The summed E-state index contributed by atoms with van der Waals surface area (Å²) < 4.78 is 1.81. The zero-order valence-corrected chi connectivity index (χ0v) is 13.0. The molecule has 0 spiro atoms. The Balaban J connectivity index is 1.82. The average Bonchev–Trinajstić information content (AvgIpc) is 2.94. The molecule has 22 heavy (non-hydrogen) atoms. The normalized spacial score (nSPS) is 12.1. The van der Waals surface area contributed by atoms with E-state index in [2.05, 4.69) is 51.6 Å². The topological polar surface area (TPSA) is 55.6 Å². The molecule has 0 aliphatic heterocycles. The maximum Gasteiger partial charge on any atom is 0.130 e. The van der Waals surface area contributed by atoms with Crippen LogP contribution in [0.1, 0.15) is 24.4 Å². The van der Waals surface area contributed by atoms with Gasteiger partial charge in [0, 0.05) is 31.0 Å². The first kappa shape index (κ1) is 14.3. The number of hydrogen-bond acceptors (Lipinski definition) is 4. The van der Waals surface area contributed by atoms with E-state index in [0.29, 0.717) is 0 Å². The van der Waals surface area contributed by atoms with E-state index in [1.807, 2.05) is 37.1 Å². The number of aryl methyl sites for hydroxylation is 2. The number of hydrogen-bond donors (Lipinski definition) is 1. The van der Waals surface area contributed by atoms with Gasteiger partial charge in [0.2, 0.25) is 0 Å². The van der Waals surface area contributed by atoms with Crippen molar-refractivity contribution in [3.05, 3.63) is 60.3 Å². The maximum atomic E-state index is 4.39. The van der Waals surface area contributed by atoms with Crippen molar-refractivity contribution in [3.8, 4) is 11.1 Å². The van der Waals surface area contributed by atoms with E-state index >= 15 is 0 Å². The minimum Gasteiger partial charge on any atom is -0.363 e. The number of aromatic nitrogens is 4. The predicted molar refractivity (Wildman–Crippen MR) is 87.5 cm³/mol. The molecule has 2 heterocycles. The third kappa shape index (κ3) is 3.14. The quantitative estimate of drug-likeness (QED) is 0.801. The molecule has 5 heteroatoms. The summed E-state index contributed by atoms with van der Waals surface area (Å²) in [5.74, 6) is 1.60. The summed E-state index contributed by atoms with van der Waals surface area (Å²) in [5.41, 5.74) is 3.49. The van der Waals surface area contributed by atoms with Gasteiger partial charge in [-0.1, -0.05) is 18.2 Å². The molecule has 3 aromatic rings. The molecule has 0 fully saturated rings. The van der Waals surface area contributed by atoms with Crippen LogP contribution in [0.25, 0.3) is 11.1 Å². The Morgan fingerprint density at radius 3 is 2.77 bits per heavy atom. The van der Waals surface area contributed by atoms with Gasteiger partial charge in [-0.05, 0) is 37.1 Å². The Morgan fingerprint density at radius 1 is 1.18 bits per heavy atom. The monoisotopic (exact) mass is 293 g/mol. The lowest BCUT2D eigenvalue weighted by Crippen LogP contribution is -2.08. The summed E-state index contributed by atoms with van der Waals surface area (Å²) in [5, 5.41) is 7.64. The van der Waals surface area contributed by atoms with Gasteiger partial charge < -0.3 is 5.32 Å². The van der Waals surface area contributed by atoms with E-state index in [1.54, 1.807) is 6.20 Å². The van der Waals surface area contributed by atoms with Crippen molar-refractivity contribution in [2.45, 2.75) is 19.9 Å². The zero-order chi connectivity index (χ0) is 15.5. The van der Waals surface area contributed by atoms with Crippen LogP contribution in [-0.2, 0) is 7.05 Å². The minimum absolute atomic E-state index is 0.158. The molecule has 1 atom stereocenters. The van der Waals surface area contributed by atoms with E-state index in [0.717, 1.165) is 22.8 Å². The molecule has 1 N–H and O–H groups in total. The van der Waals surface area contributed by atoms with E-state index < -0.39 is 0 Å². The SMILES string of the molecule is Cc1nccc(N[C@@H](C)c2cccc(-c3cnn(C)c3)c2)n1. The van der Waals surface area contributed by atoms with Crippen LogP contribution < -0.4 is 5.32 Å². The fraction of sp³-hybridized carbons (Fsp3) is 0.235. The number of rotatable bonds is 4. The summed E-state index contributed by atoms with van der Waals surface area (Å²) in [6.45, 7) is 4.01. The van der Waals surface area contributed by atoms with Crippen molar-refractivity contribution >= 4 is 5.82 Å². The molecule has 0 saturated heterocycles. The standard InChI is InChI=1S/C17H19N5/c1-12(20-17-7-8-18-13(2)21-17)14-5-4-6-15(9-14)16-10-19-22(3)11-16/h4-12H,1-3H3,(H,18,20,21)/t12-/m0/s1. The molecule has 0 radical (unpaired) electrons. The van der Waals surface area contributed by atoms with Gasteiger partial charge in [-0.15, -0.1) is 0 Å². The second-order valence-corrected chi connectivity index (χ2v) is 5.38. The third-order valence-electron chi connectivity index (χ3n) is 3.57. The molecule has 0 aliphatic rings. The van der Waals surface area contributed by atoms with Crippen LogP contribution in [0.15, 0.2) is 48.9 Å². The molecule has 2 aromatic heterocycles. The number of nitrogens with one attached hydrogen (secondary N) is 1. The van der Waals surface area contributed by atoms with E-state index in [1.165, 1.54) is 5.56 Å². The molecule has 0 unspecified atom stereocenters. The van der Waals surface area contributed by atoms with Gasteiger partial charge in [0.1, 0.15) is 11.6 Å². The number of anilines is 1. The first-order valence-electron chi connectivity index (χ1n) is 7.27. The van der Waals surface area contributed by atoms with E-state index in [9.17, 15) is 0 Å². The first-order valence-corrected chi connectivity index (χ1v) is 7.27. The molecule has 3 rings (SSSR count). The molecule has 0 aliphatic carbocycles. The third-order valence-corrected chi connectivity index (χ3v) is 3.57. The predicted octanol–water partition coefficient (Wildman–Crippen LogP) is 3.36. The van der Waals surface area contributed by atoms with Gasteiger partial charge in [0.15, 0.2) is 0 Å². The largest absolute Gasteiger partial charge is 0.363 e. The highest BCUT2D eigenvalue weighted by molar-refractivity contribution is 5.63. The summed E-state index contributed by atoms with van der Waals surface area (Å²) in [4.78, 5) is 8.50. The molecule has 0 saturated carbocycles. The Bertz CT molecular complexity index is 778. The van der Waals surface area contributed by atoms with Gasteiger partial charge in [-0.3, -0.25) is 4.68 Å². The van der Waals surface area contributed by atoms with Crippen LogP contribution in [-0.4, -0.2) is 19.7 Å². The molecular weight excluding hydrogens is 274 g/mol. The Morgan fingerprint density at radius 2 is 2.05 bits per heavy atom. The van der Waals surface area contributed by atoms with Crippen molar-refractivity contribution in [2.75, 3.05) is 5.32 Å². The number of benzene rings is 1. The van der Waals surface area contributed by atoms with Crippen molar-refractivity contribution < 1.29 is 0 Å². The fourth-order valence-electron chi connectivity index (χ4n) is 2.40. The first-order chi connectivity index (χ1) is 10.6.